The normalized spacial score (nSPS) is 11.5. The molecule has 0 aliphatic heterocycles. The minimum Gasteiger partial charge on any atom is -0.294 e. The van der Waals surface area contributed by atoms with Gasteiger partial charge in [0.15, 0.2) is 5.78 Å². The van der Waals surface area contributed by atoms with Crippen molar-refractivity contribution in [3.05, 3.63) is 59.7 Å². The molecule has 0 saturated heterocycles. The Bertz CT molecular complexity index is 806. The van der Waals surface area contributed by atoms with Crippen LogP contribution in [0.3, 0.4) is 0 Å². The van der Waals surface area contributed by atoms with E-state index < -0.39 is 24.2 Å². The Morgan fingerprint density at radius 2 is 1.23 bits per heavy atom. The van der Waals surface area contributed by atoms with E-state index in [1.165, 1.54) is 62.6 Å². The number of benzene rings is 2. The lowest BCUT2D eigenvalue weighted by atomic mass is 9.98. The Morgan fingerprint density at radius 3 is 1.77 bits per heavy atom. The Hall–Kier alpha value is -2.43. The van der Waals surface area contributed by atoms with Crippen LogP contribution in [0.2, 0.25) is 0 Å². The number of unbranched alkanes of at least 4 members (excludes halogenated alkanes) is 6. The lowest BCUT2D eigenvalue weighted by Gasteiger charge is -2.07. The number of carbonyl (C=O) groups excluding carboxylic acids is 2. The van der Waals surface area contributed by atoms with E-state index >= 15 is 0 Å². The molecule has 0 N–H and O–H groups in total. The standard InChI is InChI=1S/C25H29F3O2/c1-2-3-4-5-6-7-8-9-19-10-12-20(13-11-19)21-14-16-22(17-15-21)23(29)18-24(30)25(26,27)28/h10-17H,2-9,18H2,1H3. The lowest BCUT2D eigenvalue weighted by molar-refractivity contribution is -0.170. The fourth-order valence-electron chi connectivity index (χ4n) is 3.35. The number of aryl methyl sites for hydroxylation is 1. The van der Waals surface area contributed by atoms with Crippen LogP contribution >= 0.6 is 0 Å². The van der Waals surface area contributed by atoms with Crippen LogP contribution < -0.4 is 0 Å². The first-order valence-corrected chi connectivity index (χ1v) is 10.6. The maximum Gasteiger partial charge on any atom is 0.450 e. The second kappa shape index (κ2) is 11.7. The van der Waals surface area contributed by atoms with E-state index in [0.717, 1.165) is 17.5 Å². The molecular formula is C25H29F3O2. The van der Waals surface area contributed by atoms with Gasteiger partial charge in [-0.1, -0.05) is 94.0 Å². The summed E-state index contributed by atoms with van der Waals surface area (Å²) in [5, 5.41) is 0. The van der Waals surface area contributed by atoms with Crippen molar-refractivity contribution in [3.8, 4) is 11.1 Å². The Morgan fingerprint density at radius 1 is 0.733 bits per heavy atom. The number of alkyl halides is 3. The van der Waals surface area contributed by atoms with Crippen LogP contribution in [0.5, 0.6) is 0 Å². The van der Waals surface area contributed by atoms with Crippen molar-refractivity contribution in [1.82, 2.24) is 0 Å². The first kappa shape index (κ1) is 23.8. The summed E-state index contributed by atoms with van der Waals surface area (Å²) < 4.78 is 36.9. The molecule has 0 aliphatic carbocycles. The third-order valence-electron chi connectivity index (χ3n) is 5.20. The van der Waals surface area contributed by atoms with Crippen molar-refractivity contribution < 1.29 is 22.8 Å². The molecule has 0 atom stereocenters. The van der Waals surface area contributed by atoms with Gasteiger partial charge < -0.3 is 0 Å². The Balaban J connectivity index is 1.85. The molecule has 2 rings (SSSR count). The van der Waals surface area contributed by atoms with E-state index in [-0.39, 0.29) is 5.56 Å². The number of hydrogen-bond acceptors (Lipinski definition) is 2. The highest BCUT2D eigenvalue weighted by Crippen LogP contribution is 2.23. The number of carbonyl (C=O) groups is 2. The summed E-state index contributed by atoms with van der Waals surface area (Å²) in [5.74, 6) is -2.85. The maximum absolute atomic E-state index is 12.3. The van der Waals surface area contributed by atoms with Gasteiger partial charge in [-0.2, -0.15) is 13.2 Å². The average molecular weight is 418 g/mol. The van der Waals surface area contributed by atoms with E-state index in [9.17, 15) is 22.8 Å². The minimum atomic E-state index is -4.98. The quantitative estimate of drug-likeness (QED) is 0.205. The zero-order chi connectivity index (χ0) is 22.0. The van der Waals surface area contributed by atoms with Crippen LogP contribution in [0.15, 0.2) is 48.5 Å². The lowest BCUT2D eigenvalue weighted by Crippen LogP contribution is -2.25. The van der Waals surface area contributed by atoms with Crippen molar-refractivity contribution in [2.45, 2.75) is 70.9 Å². The molecule has 0 amide bonds. The molecule has 0 aliphatic rings. The van der Waals surface area contributed by atoms with Crippen LogP contribution in [-0.4, -0.2) is 17.7 Å². The number of rotatable bonds is 12. The van der Waals surface area contributed by atoms with Gasteiger partial charge in [-0.05, 0) is 29.5 Å². The highest BCUT2D eigenvalue weighted by molar-refractivity contribution is 6.09. The van der Waals surface area contributed by atoms with E-state index in [1.54, 1.807) is 12.1 Å². The van der Waals surface area contributed by atoms with Crippen LogP contribution in [0.4, 0.5) is 13.2 Å². The van der Waals surface area contributed by atoms with E-state index in [0.29, 0.717) is 0 Å². The average Bonchev–Trinajstić information content (AvgIpc) is 2.73. The van der Waals surface area contributed by atoms with Gasteiger partial charge in [-0.25, -0.2) is 0 Å². The molecule has 30 heavy (non-hydrogen) atoms. The Labute approximate surface area is 176 Å². The van der Waals surface area contributed by atoms with Crippen molar-refractivity contribution in [2.75, 3.05) is 0 Å². The fraction of sp³-hybridized carbons (Fsp3) is 0.440. The van der Waals surface area contributed by atoms with Gasteiger partial charge in [0.2, 0.25) is 5.78 Å². The number of ketones is 2. The summed E-state index contributed by atoms with van der Waals surface area (Å²) in [6, 6.07) is 14.5. The molecule has 0 radical (unpaired) electrons. The summed E-state index contributed by atoms with van der Waals surface area (Å²) in [7, 11) is 0. The topological polar surface area (TPSA) is 34.1 Å². The van der Waals surface area contributed by atoms with E-state index in [1.807, 2.05) is 12.1 Å². The summed E-state index contributed by atoms with van der Waals surface area (Å²) in [6.07, 6.45) is 3.86. The van der Waals surface area contributed by atoms with Crippen LogP contribution in [0.25, 0.3) is 11.1 Å². The van der Waals surface area contributed by atoms with E-state index in [4.69, 9.17) is 0 Å². The minimum absolute atomic E-state index is 0.104. The van der Waals surface area contributed by atoms with Gasteiger partial charge in [-0.3, -0.25) is 9.59 Å². The van der Waals surface area contributed by atoms with E-state index in [2.05, 4.69) is 19.1 Å². The van der Waals surface area contributed by atoms with Gasteiger partial charge in [0, 0.05) is 5.56 Å². The first-order valence-electron chi connectivity index (χ1n) is 10.6. The molecule has 2 aromatic carbocycles. The van der Waals surface area contributed by atoms with Gasteiger partial charge in [0.1, 0.15) is 0 Å². The molecule has 162 valence electrons. The molecule has 0 bridgehead atoms. The van der Waals surface area contributed by atoms with Crippen molar-refractivity contribution in [3.63, 3.8) is 0 Å². The first-order chi connectivity index (χ1) is 14.3. The third kappa shape index (κ3) is 7.77. The number of Topliss-reactive ketones (excluding diaryl/α,β-unsaturated/α-hetero) is 2. The Kier molecular flexibility index (Phi) is 9.28. The number of halogens is 3. The largest absolute Gasteiger partial charge is 0.450 e. The molecule has 0 fully saturated rings. The SMILES string of the molecule is CCCCCCCCCc1ccc(-c2ccc(C(=O)CC(=O)C(F)(F)F)cc2)cc1. The van der Waals surface area contributed by atoms with Gasteiger partial charge in [0.05, 0.1) is 6.42 Å². The summed E-state index contributed by atoms with van der Waals surface area (Å²) in [5.41, 5.74) is 3.23. The van der Waals surface area contributed by atoms with Crippen molar-refractivity contribution in [2.24, 2.45) is 0 Å². The molecule has 5 heteroatoms. The zero-order valence-corrected chi connectivity index (χ0v) is 17.4. The van der Waals surface area contributed by atoms with Gasteiger partial charge >= 0.3 is 6.18 Å². The molecule has 0 unspecified atom stereocenters. The molecule has 2 aromatic rings. The van der Waals surface area contributed by atoms with Crippen molar-refractivity contribution in [1.29, 1.82) is 0 Å². The molecule has 0 spiro atoms. The fourth-order valence-corrected chi connectivity index (χ4v) is 3.35. The van der Waals surface area contributed by atoms with Crippen molar-refractivity contribution >= 4 is 11.6 Å². The molecule has 2 nitrogen and oxygen atoms in total. The monoisotopic (exact) mass is 418 g/mol. The maximum atomic E-state index is 12.3. The zero-order valence-electron chi connectivity index (χ0n) is 17.4. The second-order valence-electron chi connectivity index (χ2n) is 7.67. The summed E-state index contributed by atoms with van der Waals surface area (Å²) >= 11 is 0. The molecule has 0 heterocycles. The smallest absolute Gasteiger partial charge is 0.294 e. The van der Waals surface area contributed by atoms with Crippen LogP contribution in [-0.2, 0) is 11.2 Å². The highest BCUT2D eigenvalue weighted by Gasteiger charge is 2.39. The van der Waals surface area contributed by atoms with Crippen LogP contribution in [0.1, 0.15) is 74.2 Å². The highest BCUT2D eigenvalue weighted by atomic mass is 19.4. The third-order valence-corrected chi connectivity index (χ3v) is 5.20. The van der Waals surface area contributed by atoms with Gasteiger partial charge in [-0.15, -0.1) is 0 Å². The second-order valence-corrected chi connectivity index (χ2v) is 7.67. The molecular weight excluding hydrogens is 389 g/mol. The predicted molar refractivity (Wildman–Crippen MR) is 114 cm³/mol. The molecule has 0 saturated carbocycles. The van der Waals surface area contributed by atoms with Crippen LogP contribution in [0, 0.1) is 0 Å². The summed E-state index contributed by atoms with van der Waals surface area (Å²) in [6.45, 7) is 2.22. The predicted octanol–water partition coefficient (Wildman–Crippen LogP) is 7.35. The number of hydrogen-bond donors (Lipinski definition) is 0. The molecule has 0 aromatic heterocycles. The summed E-state index contributed by atoms with van der Waals surface area (Å²) in [4.78, 5) is 22.8. The van der Waals surface area contributed by atoms with Gasteiger partial charge in [0.25, 0.3) is 0 Å².